The van der Waals surface area contributed by atoms with E-state index in [9.17, 15) is 4.39 Å². The number of halogens is 1. The van der Waals surface area contributed by atoms with Crippen LogP contribution in [0.25, 0.3) is 11.3 Å². The highest BCUT2D eigenvalue weighted by Crippen LogP contribution is 2.25. The third-order valence-corrected chi connectivity index (χ3v) is 2.29. The Morgan fingerprint density at radius 3 is 2.69 bits per heavy atom. The first-order valence-electron chi connectivity index (χ1n) is 3.74. The lowest BCUT2D eigenvalue weighted by Gasteiger charge is -1.96. The van der Waals surface area contributed by atoms with Crippen LogP contribution in [-0.2, 0) is 0 Å². The number of nitrogens with zero attached hydrogens (tertiary/aromatic N) is 1. The molecule has 0 unspecified atom stereocenters. The Labute approximate surface area is 79.0 Å². The third kappa shape index (κ3) is 1.53. The van der Waals surface area contributed by atoms with Crippen molar-refractivity contribution in [3.63, 3.8) is 0 Å². The zero-order valence-electron chi connectivity index (χ0n) is 6.70. The van der Waals surface area contributed by atoms with Gasteiger partial charge in [0.1, 0.15) is 10.8 Å². The van der Waals surface area contributed by atoms with Crippen LogP contribution in [0.2, 0.25) is 0 Å². The lowest BCUT2D eigenvalue weighted by Crippen LogP contribution is -1.82. The molecule has 1 aromatic heterocycles. The van der Waals surface area contributed by atoms with Crippen molar-refractivity contribution >= 4 is 16.5 Å². The zero-order chi connectivity index (χ0) is 9.26. The molecule has 0 radical (unpaired) electrons. The summed E-state index contributed by atoms with van der Waals surface area (Å²) in [4.78, 5) is 0. The molecule has 0 fully saturated rings. The Balaban J connectivity index is 2.52. The van der Waals surface area contributed by atoms with Crippen LogP contribution in [0.5, 0.6) is 0 Å². The van der Waals surface area contributed by atoms with E-state index in [-0.39, 0.29) is 5.82 Å². The average molecular weight is 194 g/mol. The molecule has 0 spiro atoms. The summed E-state index contributed by atoms with van der Waals surface area (Å²) in [5.74, 6) is -0.271. The Morgan fingerprint density at radius 2 is 2.08 bits per heavy atom. The highest BCUT2D eigenvalue weighted by atomic mass is 32.1. The molecule has 66 valence electrons. The Bertz CT molecular complexity index is 425. The number of nitrogens with two attached hydrogens (primary N) is 1. The van der Waals surface area contributed by atoms with Crippen molar-refractivity contribution in [2.75, 3.05) is 5.73 Å². The van der Waals surface area contributed by atoms with Crippen molar-refractivity contribution < 1.29 is 4.39 Å². The summed E-state index contributed by atoms with van der Waals surface area (Å²) < 4.78 is 17.2. The topological polar surface area (TPSA) is 38.9 Å². The number of rotatable bonds is 1. The smallest absolute Gasteiger partial charge is 0.132 e. The highest BCUT2D eigenvalue weighted by molar-refractivity contribution is 7.10. The second-order valence-corrected chi connectivity index (χ2v) is 3.43. The molecule has 2 rings (SSSR count). The van der Waals surface area contributed by atoms with Gasteiger partial charge in [-0.15, -0.1) is 0 Å². The zero-order valence-corrected chi connectivity index (χ0v) is 7.51. The van der Waals surface area contributed by atoms with Gasteiger partial charge in [0.25, 0.3) is 0 Å². The van der Waals surface area contributed by atoms with E-state index in [4.69, 9.17) is 5.73 Å². The molecule has 0 amide bonds. The van der Waals surface area contributed by atoms with Crippen LogP contribution in [0.15, 0.2) is 30.3 Å². The summed E-state index contributed by atoms with van der Waals surface area (Å²) in [6.07, 6.45) is 0. The van der Waals surface area contributed by atoms with Crippen LogP contribution in [0.4, 0.5) is 9.39 Å². The second kappa shape index (κ2) is 3.14. The van der Waals surface area contributed by atoms with Gasteiger partial charge < -0.3 is 5.73 Å². The maximum Gasteiger partial charge on any atom is 0.132 e. The van der Waals surface area contributed by atoms with Gasteiger partial charge in [0.2, 0.25) is 0 Å². The van der Waals surface area contributed by atoms with E-state index < -0.39 is 0 Å². The lowest BCUT2D eigenvalue weighted by molar-refractivity contribution is 0.631. The fraction of sp³-hybridized carbons (Fsp3) is 0. The van der Waals surface area contributed by atoms with E-state index >= 15 is 0 Å². The van der Waals surface area contributed by atoms with Gasteiger partial charge in [0, 0.05) is 11.6 Å². The van der Waals surface area contributed by atoms with E-state index in [2.05, 4.69) is 4.37 Å². The number of benzene rings is 1. The van der Waals surface area contributed by atoms with E-state index in [0.29, 0.717) is 16.3 Å². The summed E-state index contributed by atoms with van der Waals surface area (Å²) in [5.41, 5.74) is 6.59. The number of aromatic nitrogens is 1. The van der Waals surface area contributed by atoms with Gasteiger partial charge >= 0.3 is 0 Å². The van der Waals surface area contributed by atoms with Crippen LogP contribution in [0.3, 0.4) is 0 Å². The molecule has 2 N–H and O–H groups in total. The quantitative estimate of drug-likeness (QED) is 0.757. The normalized spacial score (nSPS) is 10.2. The molecular weight excluding hydrogens is 187 g/mol. The van der Waals surface area contributed by atoms with E-state index in [0.717, 1.165) is 0 Å². The molecule has 0 saturated carbocycles. The molecule has 2 aromatic rings. The summed E-state index contributed by atoms with van der Waals surface area (Å²) in [7, 11) is 0. The largest absolute Gasteiger partial charge is 0.389 e. The lowest BCUT2D eigenvalue weighted by atomic mass is 10.1. The minimum atomic E-state index is -0.271. The molecule has 2 nitrogen and oxygen atoms in total. The van der Waals surface area contributed by atoms with Gasteiger partial charge in [0.15, 0.2) is 0 Å². The predicted molar refractivity (Wildman–Crippen MR) is 51.9 cm³/mol. The van der Waals surface area contributed by atoms with Crippen molar-refractivity contribution in [1.82, 2.24) is 4.37 Å². The molecular formula is C9H7FN2S. The molecule has 1 aromatic carbocycles. The van der Waals surface area contributed by atoms with Crippen LogP contribution in [0.1, 0.15) is 0 Å². The summed E-state index contributed by atoms with van der Waals surface area (Å²) in [6, 6.07) is 8.18. The van der Waals surface area contributed by atoms with Gasteiger partial charge in [-0.1, -0.05) is 12.1 Å². The fourth-order valence-corrected chi connectivity index (χ4v) is 1.60. The van der Waals surface area contributed by atoms with Crippen LogP contribution in [-0.4, -0.2) is 4.37 Å². The molecule has 0 atom stereocenters. The molecule has 0 aliphatic rings. The maximum atomic E-state index is 13.2. The van der Waals surface area contributed by atoms with Crippen molar-refractivity contribution in [1.29, 1.82) is 0 Å². The first kappa shape index (κ1) is 8.19. The second-order valence-electron chi connectivity index (χ2n) is 2.59. The van der Waals surface area contributed by atoms with Crippen molar-refractivity contribution in [2.45, 2.75) is 0 Å². The summed E-state index contributed by atoms with van der Waals surface area (Å²) in [5, 5.41) is 0.596. The number of anilines is 1. The SMILES string of the molecule is Nc1cc(-c2ccccc2F)ns1. The van der Waals surface area contributed by atoms with Crippen LogP contribution < -0.4 is 5.73 Å². The molecule has 0 saturated heterocycles. The molecule has 4 heteroatoms. The molecule has 0 aliphatic carbocycles. The minimum absolute atomic E-state index is 0.271. The Kier molecular flexibility index (Phi) is 1.98. The molecule has 1 heterocycles. The first-order chi connectivity index (χ1) is 6.27. The van der Waals surface area contributed by atoms with Gasteiger partial charge in [-0.05, 0) is 23.7 Å². The van der Waals surface area contributed by atoms with Gasteiger partial charge in [-0.2, -0.15) is 4.37 Å². The van der Waals surface area contributed by atoms with Crippen molar-refractivity contribution in [3.05, 3.63) is 36.1 Å². The predicted octanol–water partition coefficient (Wildman–Crippen LogP) is 2.53. The maximum absolute atomic E-state index is 13.2. The van der Waals surface area contributed by atoms with Gasteiger partial charge in [-0.3, -0.25) is 0 Å². The van der Waals surface area contributed by atoms with Crippen LogP contribution >= 0.6 is 11.5 Å². The molecule has 13 heavy (non-hydrogen) atoms. The summed E-state index contributed by atoms with van der Waals surface area (Å²) >= 11 is 1.17. The Hall–Kier alpha value is -1.42. The summed E-state index contributed by atoms with van der Waals surface area (Å²) in [6.45, 7) is 0. The van der Waals surface area contributed by atoms with Gasteiger partial charge in [-0.25, -0.2) is 4.39 Å². The van der Waals surface area contributed by atoms with Crippen LogP contribution in [0, 0.1) is 5.82 Å². The van der Waals surface area contributed by atoms with E-state index in [1.165, 1.54) is 17.6 Å². The number of nitrogen functional groups attached to an aromatic ring is 1. The van der Waals surface area contributed by atoms with Crippen molar-refractivity contribution in [2.24, 2.45) is 0 Å². The average Bonchev–Trinajstić information content (AvgIpc) is 2.53. The highest BCUT2D eigenvalue weighted by Gasteiger charge is 2.06. The Morgan fingerprint density at radius 1 is 1.31 bits per heavy atom. The molecule has 0 bridgehead atoms. The van der Waals surface area contributed by atoms with Gasteiger partial charge in [0.05, 0.1) is 5.69 Å². The fourth-order valence-electron chi connectivity index (χ4n) is 1.09. The monoisotopic (exact) mass is 194 g/mol. The minimum Gasteiger partial charge on any atom is -0.389 e. The molecule has 0 aliphatic heterocycles. The third-order valence-electron chi connectivity index (χ3n) is 1.68. The standard InChI is InChI=1S/C9H7FN2S/c10-7-4-2-1-3-6(7)8-5-9(11)13-12-8/h1-5H,11H2. The number of hydrogen-bond donors (Lipinski definition) is 1. The van der Waals surface area contributed by atoms with E-state index in [1.807, 2.05) is 0 Å². The first-order valence-corrected chi connectivity index (χ1v) is 4.52. The van der Waals surface area contributed by atoms with Crippen molar-refractivity contribution in [3.8, 4) is 11.3 Å². The number of hydrogen-bond acceptors (Lipinski definition) is 3. The van der Waals surface area contributed by atoms with E-state index in [1.54, 1.807) is 24.3 Å².